The van der Waals surface area contributed by atoms with Crippen molar-refractivity contribution in [2.75, 3.05) is 25.1 Å². The maximum Gasteiger partial charge on any atom is 0.294 e. The summed E-state index contributed by atoms with van der Waals surface area (Å²) in [6, 6.07) is 7.33. The average Bonchev–Trinajstić information content (AvgIpc) is 3.15. The number of hydrogen-bond acceptors (Lipinski definition) is 6. The fourth-order valence-corrected chi connectivity index (χ4v) is 5.91. The van der Waals surface area contributed by atoms with Gasteiger partial charge in [0, 0.05) is 13.1 Å². The van der Waals surface area contributed by atoms with Crippen molar-refractivity contribution < 1.29 is 22.8 Å². The molecule has 3 amide bonds. The zero-order valence-electron chi connectivity index (χ0n) is 16.6. The van der Waals surface area contributed by atoms with Gasteiger partial charge in [-0.1, -0.05) is 38.1 Å². The van der Waals surface area contributed by atoms with E-state index in [0.717, 1.165) is 22.2 Å². The molecule has 1 unspecified atom stereocenters. The molecule has 0 aliphatic carbocycles. The number of sulfone groups is 1. The SMILES string of the molecule is CC(C)c1ccc(C=C2SC(=O)N(CC(=O)N(C)C3CCS(=O)(=O)C3)C2=O)cc1. The Hall–Kier alpha value is -2.13. The highest BCUT2D eigenvalue weighted by Gasteiger charge is 2.39. The molecule has 1 aromatic rings. The molecule has 2 heterocycles. The quantitative estimate of drug-likeness (QED) is 0.659. The van der Waals surface area contributed by atoms with Crippen molar-refractivity contribution in [1.82, 2.24) is 9.80 Å². The molecule has 0 spiro atoms. The summed E-state index contributed by atoms with van der Waals surface area (Å²) in [7, 11) is -1.62. The third-order valence-electron chi connectivity index (χ3n) is 5.22. The molecule has 0 saturated carbocycles. The summed E-state index contributed by atoms with van der Waals surface area (Å²) in [5.41, 5.74) is 1.98. The number of rotatable bonds is 5. The summed E-state index contributed by atoms with van der Waals surface area (Å²) in [5.74, 6) is -0.585. The van der Waals surface area contributed by atoms with Crippen LogP contribution in [0.1, 0.15) is 37.3 Å². The highest BCUT2D eigenvalue weighted by molar-refractivity contribution is 8.18. The second kappa shape index (κ2) is 8.31. The van der Waals surface area contributed by atoms with Crippen LogP contribution in [0.4, 0.5) is 4.79 Å². The first kappa shape index (κ1) is 21.6. The molecule has 0 N–H and O–H groups in total. The van der Waals surface area contributed by atoms with E-state index in [2.05, 4.69) is 13.8 Å². The third-order valence-corrected chi connectivity index (χ3v) is 7.88. The maximum atomic E-state index is 12.6. The lowest BCUT2D eigenvalue weighted by Gasteiger charge is -2.25. The first-order valence-corrected chi connectivity index (χ1v) is 12.0. The van der Waals surface area contributed by atoms with Gasteiger partial charge in [-0.3, -0.25) is 19.3 Å². The number of likely N-dealkylation sites (N-methyl/N-ethyl adjacent to an activating group) is 1. The summed E-state index contributed by atoms with van der Waals surface area (Å²) < 4.78 is 23.2. The normalized spacial score (nSPS) is 22.7. The molecule has 7 nitrogen and oxygen atoms in total. The van der Waals surface area contributed by atoms with Crippen LogP contribution in [0.3, 0.4) is 0 Å². The Kier molecular flexibility index (Phi) is 6.19. The van der Waals surface area contributed by atoms with E-state index in [1.54, 1.807) is 6.08 Å². The summed E-state index contributed by atoms with van der Waals surface area (Å²) in [5, 5.41) is -0.499. The molecule has 2 fully saturated rings. The van der Waals surface area contributed by atoms with Gasteiger partial charge >= 0.3 is 0 Å². The van der Waals surface area contributed by atoms with Gasteiger partial charge in [0.05, 0.1) is 16.4 Å². The summed E-state index contributed by atoms with van der Waals surface area (Å²) in [4.78, 5) is 39.9. The predicted octanol–water partition coefficient (Wildman–Crippen LogP) is 2.49. The van der Waals surface area contributed by atoms with Crippen LogP contribution in [0.5, 0.6) is 0 Å². The van der Waals surface area contributed by atoms with Crippen molar-refractivity contribution in [1.29, 1.82) is 0 Å². The van der Waals surface area contributed by atoms with Crippen LogP contribution in [0.2, 0.25) is 0 Å². The van der Waals surface area contributed by atoms with E-state index >= 15 is 0 Å². The predicted molar refractivity (Wildman–Crippen MR) is 113 cm³/mol. The Labute approximate surface area is 175 Å². The second-order valence-corrected chi connectivity index (χ2v) is 10.9. The first-order valence-electron chi connectivity index (χ1n) is 9.39. The van der Waals surface area contributed by atoms with E-state index in [1.165, 1.54) is 17.5 Å². The largest absolute Gasteiger partial charge is 0.340 e. The zero-order valence-corrected chi connectivity index (χ0v) is 18.3. The molecule has 0 bridgehead atoms. The van der Waals surface area contributed by atoms with Crippen molar-refractivity contribution >= 4 is 44.7 Å². The number of hydrogen-bond donors (Lipinski definition) is 0. The first-order chi connectivity index (χ1) is 13.6. The minimum atomic E-state index is -3.13. The van der Waals surface area contributed by atoms with Crippen LogP contribution in [0.25, 0.3) is 6.08 Å². The molecular weight excluding hydrogens is 412 g/mol. The highest BCUT2D eigenvalue weighted by Crippen LogP contribution is 2.32. The molecule has 2 saturated heterocycles. The monoisotopic (exact) mass is 436 g/mol. The van der Waals surface area contributed by atoms with Crippen LogP contribution >= 0.6 is 11.8 Å². The maximum absolute atomic E-state index is 12.6. The zero-order chi connectivity index (χ0) is 21.3. The van der Waals surface area contributed by atoms with Crippen LogP contribution in [-0.2, 0) is 19.4 Å². The number of benzene rings is 1. The van der Waals surface area contributed by atoms with E-state index in [9.17, 15) is 22.8 Å². The molecule has 156 valence electrons. The van der Waals surface area contributed by atoms with Crippen LogP contribution < -0.4 is 0 Å². The Morgan fingerprint density at radius 2 is 1.93 bits per heavy atom. The van der Waals surface area contributed by atoms with E-state index < -0.39 is 32.9 Å². The second-order valence-electron chi connectivity index (χ2n) is 7.65. The fourth-order valence-electron chi connectivity index (χ4n) is 3.30. The lowest BCUT2D eigenvalue weighted by Crippen LogP contribution is -2.45. The number of imide groups is 1. The van der Waals surface area contributed by atoms with Crippen molar-refractivity contribution in [2.45, 2.75) is 32.2 Å². The Balaban J connectivity index is 1.68. The summed E-state index contributed by atoms with van der Waals surface area (Å²) in [6.07, 6.45) is 2.02. The smallest absolute Gasteiger partial charge is 0.294 e. The lowest BCUT2D eigenvalue weighted by molar-refractivity contribution is -0.136. The Morgan fingerprint density at radius 3 is 2.48 bits per heavy atom. The number of nitrogens with zero attached hydrogens (tertiary/aromatic N) is 2. The van der Waals surface area contributed by atoms with E-state index in [0.29, 0.717) is 12.3 Å². The number of amides is 3. The van der Waals surface area contributed by atoms with Crippen LogP contribution in [-0.4, -0.2) is 66.4 Å². The van der Waals surface area contributed by atoms with Gasteiger partial charge in [0.2, 0.25) is 5.91 Å². The van der Waals surface area contributed by atoms with Crippen molar-refractivity contribution in [3.05, 3.63) is 40.3 Å². The molecular formula is C20H24N2O5S2. The number of carbonyl (C=O) groups excluding carboxylic acids is 3. The average molecular weight is 437 g/mol. The van der Waals surface area contributed by atoms with Gasteiger partial charge in [-0.15, -0.1) is 0 Å². The molecule has 9 heteroatoms. The van der Waals surface area contributed by atoms with Gasteiger partial charge in [-0.25, -0.2) is 8.42 Å². The molecule has 0 aromatic heterocycles. The van der Waals surface area contributed by atoms with Gasteiger partial charge in [0.25, 0.3) is 11.1 Å². The molecule has 0 radical (unpaired) electrons. The van der Waals surface area contributed by atoms with Gasteiger partial charge in [-0.2, -0.15) is 0 Å². The van der Waals surface area contributed by atoms with Gasteiger partial charge in [-0.05, 0) is 41.3 Å². The lowest BCUT2D eigenvalue weighted by atomic mass is 10.0. The molecule has 3 rings (SSSR count). The van der Waals surface area contributed by atoms with Crippen molar-refractivity contribution in [3.63, 3.8) is 0 Å². The van der Waals surface area contributed by atoms with Gasteiger partial charge < -0.3 is 4.90 Å². The van der Waals surface area contributed by atoms with E-state index in [1.807, 2.05) is 24.3 Å². The minimum Gasteiger partial charge on any atom is -0.340 e. The topological polar surface area (TPSA) is 91.8 Å². The highest BCUT2D eigenvalue weighted by atomic mass is 32.2. The van der Waals surface area contributed by atoms with Crippen LogP contribution in [0.15, 0.2) is 29.2 Å². The summed E-state index contributed by atoms with van der Waals surface area (Å²) >= 11 is 0.805. The molecule has 29 heavy (non-hydrogen) atoms. The number of carbonyl (C=O) groups is 3. The summed E-state index contributed by atoms with van der Waals surface area (Å²) in [6.45, 7) is 3.80. The molecule has 2 aliphatic rings. The molecule has 1 aromatic carbocycles. The molecule has 2 aliphatic heterocycles. The van der Waals surface area contributed by atoms with E-state index in [-0.39, 0.29) is 23.0 Å². The van der Waals surface area contributed by atoms with Crippen molar-refractivity contribution in [2.24, 2.45) is 0 Å². The molecule has 1 atom stereocenters. The van der Waals surface area contributed by atoms with Crippen molar-refractivity contribution in [3.8, 4) is 0 Å². The van der Waals surface area contributed by atoms with E-state index in [4.69, 9.17) is 0 Å². The third kappa shape index (κ3) is 4.90. The van der Waals surface area contributed by atoms with Gasteiger partial charge in [0.1, 0.15) is 6.54 Å². The minimum absolute atomic E-state index is 0.0508. The Morgan fingerprint density at radius 1 is 1.28 bits per heavy atom. The van der Waals surface area contributed by atoms with Gasteiger partial charge in [0.15, 0.2) is 9.84 Å². The fraction of sp³-hybridized carbons (Fsp3) is 0.450. The number of thioether (sulfide) groups is 1. The Bertz CT molecular complexity index is 967. The standard InChI is InChI=1S/C20H24N2O5S2/c1-13(2)15-6-4-14(5-7-15)10-17-19(24)22(20(25)28-17)11-18(23)21(3)16-8-9-29(26,27)12-16/h4-7,10,13,16H,8-9,11-12H2,1-3H3. The van der Waals surface area contributed by atoms with Crippen LogP contribution in [0, 0.1) is 0 Å².